The van der Waals surface area contributed by atoms with Gasteiger partial charge in [-0.25, -0.2) is 4.79 Å². The minimum Gasteiger partial charge on any atom is -0.481 e. The third kappa shape index (κ3) is 13.9. The SMILES string of the molecule is Cc1cc(=O)oc2cc(NC(=O)C(Cc3ccc(N)cc3)NC(=O)[C@@H](NC(=O)C(CC(C)C)NC(=O)[C@H](CC(C)C)NC(=O)CCC(=O)O)C(C)C)ccc12. The maximum Gasteiger partial charge on any atom is 0.336 e. The van der Waals surface area contributed by atoms with Crippen LogP contribution in [-0.4, -0.2) is 64.8 Å². The van der Waals surface area contributed by atoms with Crippen LogP contribution in [0.25, 0.3) is 11.0 Å². The number of benzene rings is 2. The molecule has 3 rings (SSSR count). The Morgan fingerprint density at radius 1 is 0.709 bits per heavy atom. The predicted molar refractivity (Wildman–Crippen MR) is 209 cm³/mol. The Labute approximate surface area is 320 Å². The number of aliphatic carboxylic acids is 1. The molecule has 8 N–H and O–H groups in total. The average Bonchev–Trinajstić information content (AvgIpc) is 3.08. The summed E-state index contributed by atoms with van der Waals surface area (Å²) in [6.45, 7) is 12.7. The number of carbonyl (C=O) groups is 6. The Balaban J connectivity index is 1.83. The molecule has 0 spiro atoms. The molecule has 0 aliphatic heterocycles. The summed E-state index contributed by atoms with van der Waals surface area (Å²) in [6, 6.07) is 8.73. The molecule has 2 unspecified atom stereocenters. The van der Waals surface area contributed by atoms with Gasteiger partial charge in [0.25, 0.3) is 0 Å². The summed E-state index contributed by atoms with van der Waals surface area (Å²) in [4.78, 5) is 90.5. The Hall–Kier alpha value is -5.73. The van der Waals surface area contributed by atoms with Crippen LogP contribution in [0, 0.1) is 24.7 Å². The quantitative estimate of drug-likeness (QED) is 0.0694. The molecule has 1 aromatic heterocycles. The van der Waals surface area contributed by atoms with E-state index in [2.05, 4.69) is 26.6 Å². The van der Waals surface area contributed by atoms with Gasteiger partial charge in [0.15, 0.2) is 0 Å². The lowest BCUT2D eigenvalue weighted by molar-refractivity contribution is -0.139. The fourth-order valence-electron chi connectivity index (χ4n) is 5.95. The van der Waals surface area contributed by atoms with Crippen LogP contribution in [-0.2, 0) is 35.2 Å². The maximum atomic E-state index is 14.0. The van der Waals surface area contributed by atoms with Crippen molar-refractivity contribution in [1.29, 1.82) is 0 Å². The monoisotopic (exact) mass is 762 g/mol. The lowest BCUT2D eigenvalue weighted by Gasteiger charge is -2.29. The smallest absolute Gasteiger partial charge is 0.336 e. The van der Waals surface area contributed by atoms with Crippen molar-refractivity contribution in [2.75, 3.05) is 11.1 Å². The molecule has 15 nitrogen and oxygen atoms in total. The molecule has 0 saturated carbocycles. The zero-order valence-electron chi connectivity index (χ0n) is 32.5. The number of carboxylic acid groups (broad SMARTS) is 1. The zero-order valence-corrected chi connectivity index (χ0v) is 32.5. The number of rotatable bonds is 19. The minimum atomic E-state index is -1.15. The molecule has 4 atom stereocenters. The normalized spacial score (nSPS) is 13.5. The molecular formula is C40H54N6O9. The molecule has 0 aliphatic carbocycles. The number of aryl methyl sites for hydroxylation is 1. The Morgan fingerprint density at radius 2 is 1.29 bits per heavy atom. The van der Waals surface area contributed by atoms with Crippen molar-refractivity contribution in [3.05, 3.63) is 70.1 Å². The van der Waals surface area contributed by atoms with Crippen LogP contribution in [0.5, 0.6) is 0 Å². The number of anilines is 2. The van der Waals surface area contributed by atoms with Gasteiger partial charge in [-0.1, -0.05) is 53.7 Å². The Bertz CT molecular complexity index is 1900. The third-order valence-corrected chi connectivity index (χ3v) is 8.78. The van der Waals surface area contributed by atoms with Crippen molar-refractivity contribution in [2.24, 2.45) is 17.8 Å². The largest absolute Gasteiger partial charge is 0.481 e. The summed E-state index contributed by atoms with van der Waals surface area (Å²) >= 11 is 0. The Morgan fingerprint density at radius 3 is 1.87 bits per heavy atom. The first-order chi connectivity index (χ1) is 25.8. The molecule has 1 heterocycles. The average molecular weight is 763 g/mol. The second-order valence-electron chi connectivity index (χ2n) is 15.0. The second-order valence-corrected chi connectivity index (χ2v) is 15.0. The summed E-state index contributed by atoms with van der Waals surface area (Å²) in [7, 11) is 0. The van der Waals surface area contributed by atoms with Gasteiger partial charge in [0.2, 0.25) is 29.5 Å². The maximum absolute atomic E-state index is 14.0. The molecule has 0 radical (unpaired) electrons. The van der Waals surface area contributed by atoms with E-state index in [1.165, 1.54) is 12.1 Å². The lowest BCUT2D eigenvalue weighted by atomic mass is 9.98. The molecule has 2 aromatic carbocycles. The number of nitrogens with two attached hydrogens (primary N) is 1. The molecule has 298 valence electrons. The van der Waals surface area contributed by atoms with Gasteiger partial charge < -0.3 is 41.8 Å². The van der Waals surface area contributed by atoms with Crippen LogP contribution in [0.4, 0.5) is 11.4 Å². The third-order valence-electron chi connectivity index (χ3n) is 8.78. The van der Waals surface area contributed by atoms with Crippen molar-refractivity contribution >= 4 is 57.8 Å². The standard InChI is InChI=1S/C40H54N6O9/c1-21(2)16-29(43-33(47)14-15-34(48)49)38(52)44-30(17-22(3)4)39(53)46-36(23(5)6)40(54)45-31(19-25-8-10-26(41)11-9-25)37(51)42-27-12-13-28-24(7)18-35(50)55-32(28)20-27/h8-13,18,20-23,29-31,36H,14-17,19,41H2,1-7H3,(H,42,51)(H,43,47)(H,44,52)(H,45,54)(H,46,53)(H,48,49)/t29-,30?,31?,36-/m0/s1. The van der Waals surface area contributed by atoms with E-state index in [9.17, 15) is 33.6 Å². The number of nitrogen functional groups attached to an aromatic ring is 1. The molecule has 0 bridgehead atoms. The molecule has 5 amide bonds. The van der Waals surface area contributed by atoms with Gasteiger partial charge in [-0.05, 0) is 72.9 Å². The van der Waals surface area contributed by atoms with Gasteiger partial charge >= 0.3 is 11.6 Å². The van der Waals surface area contributed by atoms with E-state index < -0.39 is 77.6 Å². The topological polar surface area (TPSA) is 239 Å². The molecule has 0 fully saturated rings. The van der Waals surface area contributed by atoms with E-state index in [-0.39, 0.29) is 43.1 Å². The van der Waals surface area contributed by atoms with Crippen molar-refractivity contribution in [2.45, 2.75) is 105 Å². The summed E-state index contributed by atoms with van der Waals surface area (Å²) in [5, 5.41) is 23.3. The van der Waals surface area contributed by atoms with E-state index in [0.29, 0.717) is 27.9 Å². The van der Waals surface area contributed by atoms with Gasteiger partial charge in [0.05, 0.1) is 6.42 Å². The first-order valence-electron chi connectivity index (χ1n) is 18.4. The van der Waals surface area contributed by atoms with Crippen molar-refractivity contribution in [1.82, 2.24) is 21.3 Å². The number of fused-ring (bicyclic) bond motifs is 1. The van der Waals surface area contributed by atoms with Crippen LogP contribution in [0.3, 0.4) is 0 Å². The molecular weight excluding hydrogens is 708 g/mol. The predicted octanol–water partition coefficient (Wildman–Crippen LogP) is 3.42. The summed E-state index contributed by atoms with van der Waals surface area (Å²) in [6.07, 6.45) is -0.193. The molecule has 0 saturated heterocycles. The van der Waals surface area contributed by atoms with Crippen molar-refractivity contribution in [3.63, 3.8) is 0 Å². The summed E-state index contributed by atoms with van der Waals surface area (Å²) < 4.78 is 5.33. The highest BCUT2D eigenvalue weighted by molar-refractivity contribution is 6.00. The second kappa shape index (κ2) is 20.1. The van der Waals surface area contributed by atoms with Crippen LogP contribution in [0.1, 0.15) is 78.4 Å². The number of nitrogens with one attached hydrogen (secondary N) is 5. The Kier molecular flexibility index (Phi) is 16.0. The van der Waals surface area contributed by atoms with E-state index >= 15 is 0 Å². The lowest BCUT2D eigenvalue weighted by Crippen LogP contribution is -2.59. The van der Waals surface area contributed by atoms with Crippen LogP contribution in [0.2, 0.25) is 0 Å². The first-order valence-corrected chi connectivity index (χ1v) is 18.4. The van der Waals surface area contributed by atoms with Gasteiger partial charge in [-0.3, -0.25) is 28.8 Å². The van der Waals surface area contributed by atoms with Gasteiger partial charge in [0.1, 0.15) is 29.8 Å². The fraction of sp³-hybridized carbons (Fsp3) is 0.475. The molecule has 0 aliphatic rings. The highest BCUT2D eigenvalue weighted by atomic mass is 16.4. The summed E-state index contributed by atoms with van der Waals surface area (Å²) in [5.74, 6) is -4.75. The highest BCUT2D eigenvalue weighted by Crippen LogP contribution is 2.21. The molecule has 55 heavy (non-hydrogen) atoms. The van der Waals surface area contributed by atoms with E-state index in [4.69, 9.17) is 15.3 Å². The zero-order chi connectivity index (χ0) is 41.0. The number of amides is 5. The van der Waals surface area contributed by atoms with E-state index in [1.54, 1.807) is 57.2 Å². The number of carboxylic acids is 1. The molecule has 15 heteroatoms. The first kappa shape index (κ1) is 43.7. The van der Waals surface area contributed by atoms with Crippen molar-refractivity contribution in [3.8, 4) is 0 Å². The molecule has 3 aromatic rings. The van der Waals surface area contributed by atoms with Crippen molar-refractivity contribution < 1.29 is 38.3 Å². The van der Waals surface area contributed by atoms with E-state index in [1.807, 2.05) is 27.7 Å². The van der Waals surface area contributed by atoms with Gasteiger partial charge in [-0.2, -0.15) is 0 Å². The van der Waals surface area contributed by atoms with Crippen LogP contribution < -0.4 is 37.9 Å². The number of hydrogen-bond acceptors (Lipinski definition) is 9. The number of carbonyl (C=O) groups excluding carboxylic acids is 5. The van der Waals surface area contributed by atoms with Crippen LogP contribution >= 0.6 is 0 Å². The van der Waals surface area contributed by atoms with Gasteiger partial charge in [0, 0.05) is 41.7 Å². The number of hydrogen-bond donors (Lipinski definition) is 7. The minimum absolute atomic E-state index is 0.0218. The van der Waals surface area contributed by atoms with E-state index in [0.717, 1.165) is 0 Å². The van der Waals surface area contributed by atoms with Crippen LogP contribution in [0.15, 0.2) is 57.7 Å². The summed E-state index contributed by atoms with van der Waals surface area (Å²) in [5.41, 5.74) is 7.88. The fourth-order valence-corrected chi connectivity index (χ4v) is 5.95. The van der Waals surface area contributed by atoms with Gasteiger partial charge in [-0.15, -0.1) is 0 Å². The highest BCUT2D eigenvalue weighted by Gasteiger charge is 2.33.